The Morgan fingerprint density at radius 1 is 1.57 bits per heavy atom. The number of aromatic nitrogens is 1. The van der Waals surface area contributed by atoms with Crippen molar-refractivity contribution in [2.45, 2.75) is 39.4 Å². The van der Waals surface area contributed by atoms with Crippen LogP contribution in [-0.2, 0) is 13.1 Å². The summed E-state index contributed by atoms with van der Waals surface area (Å²) in [5.41, 5.74) is 1.28. The molecule has 0 radical (unpaired) electrons. The maximum atomic E-state index is 8.87. The van der Waals surface area contributed by atoms with E-state index in [-0.39, 0.29) is 12.6 Å². The molecule has 14 heavy (non-hydrogen) atoms. The number of nitrogens with one attached hydrogen (secondary N) is 1. The molecule has 0 aliphatic rings. The van der Waals surface area contributed by atoms with Gasteiger partial charge >= 0.3 is 0 Å². The maximum absolute atomic E-state index is 8.87. The van der Waals surface area contributed by atoms with Gasteiger partial charge in [0.15, 0.2) is 0 Å². The molecule has 0 saturated carbocycles. The third-order valence-corrected chi connectivity index (χ3v) is 2.29. The highest BCUT2D eigenvalue weighted by molar-refractivity contribution is 5.06. The van der Waals surface area contributed by atoms with Gasteiger partial charge in [-0.3, -0.25) is 0 Å². The van der Waals surface area contributed by atoms with Gasteiger partial charge in [-0.1, -0.05) is 6.92 Å². The van der Waals surface area contributed by atoms with Crippen LogP contribution in [-0.4, -0.2) is 22.3 Å². The van der Waals surface area contributed by atoms with Gasteiger partial charge in [0.1, 0.15) is 0 Å². The Kier molecular flexibility index (Phi) is 4.70. The summed E-state index contributed by atoms with van der Waals surface area (Å²) in [6.07, 6.45) is 3.25. The molecule has 0 saturated heterocycles. The molecule has 0 fully saturated rings. The molecule has 0 aliphatic heterocycles. The predicted octanol–water partition coefficient (Wildman–Crippen LogP) is 1.37. The average Bonchev–Trinajstić information content (AvgIpc) is 2.62. The number of hydrogen-bond donors (Lipinski definition) is 2. The smallest absolute Gasteiger partial charge is 0.0582 e. The van der Waals surface area contributed by atoms with E-state index in [2.05, 4.69) is 35.1 Å². The normalized spacial score (nSPS) is 13.1. The topological polar surface area (TPSA) is 37.2 Å². The van der Waals surface area contributed by atoms with Crippen LogP contribution in [0.25, 0.3) is 0 Å². The van der Waals surface area contributed by atoms with Crippen molar-refractivity contribution in [2.75, 3.05) is 6.61 Å². The maximum Gasteiger partial charge on any atom is 0.0582 e. The van der Waals surface area contributed by atoms with E-state index in [0.29, 0.717) is 0 Å². The Hall–Kier alpha value is -0.800. The minimum absolute atomic E-state index is 0.167. The molecule has 3 heteroatoms. The van der Waals surface area contributed by atoms with Crippen molar-refractivity contribution in [3.05, 3.63) is 24.0 Å². The number of aliphatic hydroxyl groups is 1. The fourth-order valence-corrected chi connectivity index (χ4v) is 1.41. The van der Waals surface area contributed by atoms with Gasteiger partial charge in [0.05, 0.1) is 6.61 Å². The first-order valence-corrected chi connectivity index (χ1v) is 5.26. The number of nitrogens with zero attached hydrogens (tertiary/aromatic N) is 1. The van der Waals surface area contributed by atoms with Gasteiger partial charge in [-0.05, 0) is 25.5 Å². The SMILES string of the molecule is CCCn1cccc1CN[C@H](C)CO. The molecule has 1 rings (SSSR count). The van der Waals surface area contributed by atoms with Gasteiger partial charge in [-0.15, -0.1) is 0 Å². The molecule has 0 aromatic carbocycles. The molecule has 0 unspecified atom stereocenters. The number of rotatable bonds is 6. The summed E-state index contributed by atoms with van der Waals surface area (Å²) in [5.74, 6) is 0. The van der Waals surface area contributed by atoms with Crippen LogP contribution in [0.2, 0.25) is 0 Å². The van der Waals surface area contributed by atoms with Gasteiger partial charge < -0.3 is 15.0 Å². The third-order valence-electron chi connectivity index (χ3n) is 2.29. The number of aryl methyl sites for hydroxylation is 1. The van der Waals surface area contributed by atoms with Gasteiger partial charge in [-0.2, -0.15) is 0 Å². The van der Waals surface area contributed by atoms with Crippen molar-refractivity contribution in [1.29, 1.82) is 0 Å². The minimum Gasteiger partial charge on any atom is -0.395 e. The van der Waals surface area contributed by atoms with Gasteiger partial charge in [0.25, 0.3) is 0 Å². The molecule has 0 bridgehead atoms. The van der Waals surface area contributed by atoms with Crippen molar-refractivity contribution >= 4 is 0 Å². The second-order valence-electron chi connectivity index (χ2n) is 3.66. The third kappa shape index (κ3) is 3.16. The van der Waals surface area contributed by atoms with E-state index in [4.69, 9.17) is 5.11 Å². The molecular formula is C11H20N2O. The number of aliphatic hydroxyl groups excluding tert-OH is 1. The highest BCUT2D eigenvalue weighted by Gasteiger charge is 2.02. The van der Waals surface area contributed by atoms with Crippen LogP contribution in [0, 0.1) is 0 Å². The Bertz CT molecular complexity index is 258. The zero-order valence-corrected chi connectivity index (χ0v) is 9.03. The van der Waals surface area contributed by atoms with Crippen molar-refractivity contribution in [3.8, 4) is 0 Å². The molecule has 3 nitrogen and oxygen atoms in total. The monoisotopic (exact) mass is 196 g/mol. The first-order valence-electron chi connectivity index (χ1n) is 5.26. The van der Waals surface area contributed by atoms with E-state index in [1.165, 1.54) is 5.69 Å². The van der Waals surface area contributed by atoms with Crippen LogP contribution in [0.3, 0.4) is 0 Å². The van der Waals surface area contributed by atoms with E-state index in [0.717, 1.165) is 19.5 Å². The molecule has 80 valence electrons. The first-order chi connectivity index (χ1) is 6.77. The van der Waals surface area contributed by atoms with Crippen LogP contribution in [0.5, 0.6) is 0 Å². The zero-order valence-electron chi connectivity index (χ0n) is 9.03. The summed E-state index contributed by atoms with van der Waals surface area (Å²) in [7, 11) is 0. The van der Waals surface area contributed by atoms with Crippen molar-refractivity contribution in [2.24, 2.45) is 0 Å². The lowest BCUT2D eigenvalue weighted by molar-refractivity contribution is 0.250. The molecule has 0 spiro atoms. The summed E-state index contributed by atoms with van der Waals surface area (Å²) < 4.78 is 2.25. The Labute approximate surface area is 85.7 Å². The second kappa shape index (κ2) is 5.83. The lowest BCUT2D eigenvalue weighted by Gasteiger charge is -2.12. The molecule has 1 aromatic heterocycles. The first kappa shape index (κ1) is 11.3. The molecule has 1 aromatic rings. The highest BCUT2D eigenvalue weighted by atomic mass is 16.3. The van der Waals surface area contributed by atoms with Crippen LogP contribution in [0.1, 0.15) is 26.0 Å². The summed E-state index contributed by atoms with van der Waals surface area (Å²) in [5, 5.41) is 12.1. The summed E-state index contributed by atoms with van der Waals surface area (Å²) >= 11 is 0. The van der Waals surface area contributed by atoms with Gasteiger partial charge in [0, 0.05) is 31.0 Å². The number of hydrogen-bond acceptors (Lipinski definition) is 2. The lowest BCUT2D eigenvalue weighted by atomic mass is 10.3. The summed E-state index contributed by atoms with van der Waals surface area (Å²) in [4.78, 5) is 0. The fraction of sp³-hybridized carbons (Fsp3) is 0.636. The minimum atomic E-state index is 0.167. The predicted molar refractivity (Wildman–Crippen MR) is 58.1 cm³/mol. The molecule has 1 atom stereocenters. The Morgan fingerprint density at radius 3 is 3.00 bits per heavy atom. The van der Waals surface area contributed by atoms with Gasteiger partial charge in [-0.25, -0.2) is 0 Å². The second-order valence-corrected chi connectivity index (χ2v) is 3.66. The van der Waals surface area contributed by atoms with Gasteiger partial charge in [0.2, 0.25) is 0 Å². The summed E-state index contributed by atoms with van der Waals surface area (Å²) in [6.45, 7) is 6.24. The molecule has 1 heterocycles. The fourth-order valence-electron chi connectivity index (χ4n) is 1.41. The quantitative estimate of drug-likeness (QED) is 0.721. The van der Waals surface area contributed by atoms with E-state index in [1.807, 2.05) is 6.92 Å². The largest absolute Gasteiger partial charge is 0.395 e. The van der Waals surface area contributed by atoms with Crippen molar-refractivity contribution in [1.82, 2.24) is 9.88 Å². The highest BCUT2D eigenvalue weighted by Crippen LogP contribution is 2.03. The lowest BCUT2D eigenvalue weighted by Crippen LogP contribution is -2.29. The van der Waals surface area contributed by atoms with Crippen LogP contribution in [0.15, 0.2) is 18.3 Å². The zero-order chi connectivity index (χ0) is 10.4. The van der Waals surface area contributed by atoms with Crippen LogP contribution >= 0.6 is 0 Å². The van der Waals surface area contributed by atoms with Crippen LogP contribution in [0.4, 0.5) is 0 Å². The Balaban J connectivity index is 2.45. The van der Waals surface area contributed by atoms with E-state index in [1.54, 1.807) is 0 Å². The van der Waals surface area contributed by atoms with Crippen molar-refractivity contribution in [3.63, 3.8) is 0 Å². The average molecular weight is 196 g/mol. The van der Waals surface area contributed by atoms with E-state index >= 15 is 0 Å². The molecule has 0 amide bonds. The van der Waals surface area contributed by atoms with Crippen LogP contribution < -0.4 is 5.32 Å². The Morgan fingerprint density at radius 2 is 2.36 bits per heavy atom. The standard InChI is InChI=1S/C11H20N2O/c1-3-6-13-7-4-5-11(13)8-12-10(2)9-14/h4-5,7,10,12,14H,3,6,8-9H2,1-2H3/t10-/m1/s1. The van der Waals surface area contributed by atoms with E-state index < -0.39 is 0 Å². The van der Waals surface area contributed by atoms with Crippen molar-refractivity contribution < 1.29 is 5.11 Å². The molecular weight excluding hydrogens is 176 g/mol. The van der Waals surface area contributed by atoms with E-state index in [9.17, 15) is 0 Å². The molecule has 0 aliphatic carbocycles. The molecule has 2 N–H and O–H groups in total. The summed E-state index contributed by atoms with van der Waals surface area (Å²) in [6, 6.07) is 4.35.